The van der Waals surface area contributed by atoms with Crippen LogP contribution in [0.5, 0.6) is 11.5 Å². The Labute approximate surface area is 138 Å². The van der Waals surface area contributed by atoms with Crippen LogP contribution in [0, 0.1) is 6.92 Å². The molecule has 0 amide bonds. The van der Waals surface area contributed by atoms with Gasteiger partial charge in [0.25, 0.3) is 0 Å². The molecular weight excluding hydrogens is 354 g/mol. The third-order valence-corrected chi connectivity index (χ3v) is 4.57. The molecule has 112 valence electrons. The van der Waals surface area contributed by atoms with E-state index in [1.54, 1.807) is 20.3 Å². The van der Waals surface area contributed by atoms with Crippen LogP contribution < -0.4 is 15.2 Å². The Morgan fingerprint density at radius 1 is 1.10 bits per heavy atom. The van der Waals surface area contributed by atoms with Crippen LogP contribution in [0.1, 0.15) is 22.7 Å². The number of ether oxygens (including phenoxy) is 2. The highest BCUT2D eigenvalue weighted by molar-refractivity contribution is 9.10. The van der Waals surface area contributed by atoms with Crippen LogP contribution >= 0.6 is 27.5 Å². The van der Waals surface area contributed by atoms with E-state index < -0.39 is 0 Å². The first kappa shape index (κ1) is 16.1. The van der Waals surface area contributed by atoms with Gasteiger partial charge in [-0.15, -0.1) is 0 Å². The summed E-state index contributed by atoms with van der Waals surface area (Å²) in [4.78, 5) is 0. The molecule has 2 aromatic rings. The van der Waals surface area contributed by atoms with E-state index in [9.17, 15) is 0 Å². The molecular formula is C16H17BrClNO2. The summed E-state index contributed by atoms with van der Waals surface area (Å²) in [6.07, 6.45) is 0. The standard InChI is InChI=1S/C16H17BrClNO2/c1-9-4-5-10(6-12(9)17)16(19)11-7-14(20-2)15(21-3)8-13(11)18/h4-8,16H,19H2,1-3H3. The zero-order chi connectivity index (χ0) is 15.6. The highest BCUT2D eigenvalue weighted by atomic mass is 79.9. The van der Waals surface area contributed by atoms with E-state index in [4.69, 9.17) is 26.8 Å². The molecule has 0 saturated heterocycles. The molecule has 0 bridgehead atoms. The quantitative estimate of drug-likeness (QED) is 0.863. The van der Waals surface area contributed by atoms with Gasteiger partial charge in [0.05, 0.1) is 20.3 Å². The van der Waals surface area contributed by atoms with Crippen molar-refractivity contribution in [3.05, 3.63) is 56.5 Å². The average molecular weight is 371 g/mol. The number of hydrogen-bond donors (Lipinski definition) is 1. The fraction of sp³-hybridized carbons (Fsp3) is 0.250. The van der Waals surface area contributed by atoms with Gasteiger partial charge < -0.3 is 15.2 Å². The largest absolute Gasteiger partial charge is 0.493 e. The summed E-state index contributed by atoms with van der Waals surface area (Å²) in [6.45, 7) is 2.03. The zero-order valence-corrected chi connectivity index (χ0v) is 14.5. The van der Waals surface area contributed by atoms with Crippen molar-refractivity contribution in [1.29, 1.82) is 0 Å². The van der Waals surface area contributed by atoms with Gasteiger partial charge >= 0.3 is 0 Å². The first-order chi connectivity index (χ1) is 9.97. The molecule has 0 aliphatic rings. The van der Waals surface area contributed by atoms with Gasteiger partial charge in [-0.2, -0.15) is 0 Å². The number of aryl methyl sites for hydroxylation is 1. The molecule has 2 rings (SSSR count). The smallest absolute Gasteiger partial charge is 0.162 e. The zero-order valence-electron chi connectivity index (χ0n) is 12.1. The summed E-state index contributed by atoms with van der Waals surface area (Å²) in [7, 11) is 3.16. The third-order valence-electron chi connectivity index (χ3n) is 3.39. The minimum absolute atomic E-state index is 0.339. The van der Waals surface area contributed by atoms with Crippen molar-refractivity contribution >= 4 is 27.5 Å². The molecule has 0 heterocycles. The lowest BCUT2D eigenvalue weighted by Crippen LogP contribution is -2.13. The maximum atomic E-state index is 6.35. The Hall–Kier alpha value is -1.23. The van der Waals surface area contributed by atoms with Gasteiger partial charge in [0.15, 0.2) is 11.5 Å². The van der Waals surface area contributed by atoms with Crippen LogP contribution in [-0.4, -0.2) is 14.2 Å². The van der Waals surface area contributed by atoms with Crippen LogP contribution in [0.3, 0.4) is 0 Å². The van der Waals surface area contributed by atoms with Gasteiger partial charge in [-0.05, 0) is 35.7 Å². The van der Waals surface area contributed by atoms with E-state index in [-0.39, 0.29) is 6.04 Å². The molecule has 1 unspecified atom stereocenters. The van der Waals surface area contributed by atoms with Crippen LogP contribution in [-0.2, 0) is 0 Å². The molecule has 0 saturated carbocycles. The van der Waals surface area contributed by atoms with E-state index in [1.165, 1.54) is 0 Å². The van der Waals surface area contributed by atoms with Crippen LogP contribution in [0.4, 0.5) is 0 Å². The molecule has 0 fully saturated rings. The number of methoxy groups -OCH3 is 2. The fourth-order valence-corrected chi connectivity index (χ4v) is 2.76. The van der Waals surface area contributed by atoms with Gasteiger partial charge in [0, 0.05) is 15.6 Å². The molecule has 2 aromatic carbocycles. The molecule has 0 aliphatic heterocycles. The van der Waals surface area contributed by atoms with E-state index in [1.807, 2.05) is 31.2 Å². The molecule has 3 nitrogen and oxygen atoms in total. The molecule has 2 N–H and O–H groups in total. The summed E-state index contributed by atoms with van der Waals surface area (Å²) in [5.74, 6) is 1.20. The Morgan fingerprint density at radius 2 is 1.71 bits per heavy atom. The van der Waals surface area contributed by atoms with Crippen LogP contribution in [0.2, 0.25) is 5.02 Å². The summed E-state index contributed by atoms with van der Waals surface area (Å²) in [5, 5.41) is 0.553. The monoisotopic (exact) mass is 369 g/mol. The Morgan fingerprint density at radius 3 is 2.29 bits per heavy atom. The molecule has 5 heteroatoms. The highest BCUT2D eigenvalue weighted by Crippen LogP contribution is 2.37. The third kappa shape index (κ3) is 3.34. The van der Waals surface area contributed by atoms with Crippen molar-refractivity contribution in [2.24, 2.45) is 5.73 Å². The number of benzene rings is 2. The molecule has 0 spiro atoms. The predicted molar refractivity (Wildman–Crippen MR) is 89.5 cm³/mol. The van der Waals surface area contributed by atoms with Crippen molar-refractivity contribution in [1.82, 2.24) is 0 Å². The lowest BCUT2D eigenvalue weighted by molar-refractivity contribution is 0.354. The van der Waals surface area contributed by atoms with Crippen LogP contribution in [0.15, 0.2) is 34.8 Å². The lowest BCUT2D eigenvalue weighted by Gasteiger charge is -2.18. The van der Waals surface area contributed by atoms with E-state index in [0.717, 1.165) is 21.2 Å². The second kappa shape index (κ2) is 6.69. The highest BCUT2D eigenvalue weighted by Gasteiger charge is 2.17. The van der Waals surface area contributed by atoms with E-state index in [2.05, 4.69) is 15.9 Å². The van der Waals surface area contributed by atoms with Crippen molar-refractivity contribution in [3.8, 4) is 11.5 Å². The SMILES string of the molecule is COc1cc(Cl)c(C(N)c2ccc(C)c(Br)c2)cc1OC. The summed E-state index contributed by atoms with van der Waals surface area (Å²) in [6, 6.07) is 9.23. The number of nitrogens with two attached hydrogens (primary N) is 1. The Balaban J connectivity index is 2.47. The van der Waals surface area contributed by atoms with Crippen molar-refractivity contribution in [2.45, 2.75) is 13.0 Å². The number of halogens is 2. The lowest BCUT2D eigenvalue weighted by atomic mass is 9.98. The maximum Gasteiger partial charge on any atom is 0.162 e. The summed E-state index contributed by atoms with van der Waals surface area (Å²) >= 11 is 9.85. The Bertz CT molecular complexity index is 661. The van der Waals surface area contributed by atoms with Crippen molar-refractivity contribution in [3.63, 3.8) is 0 Å². The van der Waals surface area contributed by atoms with E-state index >= 15 is 0 Å². The topological polar surface area (TPSA) is 44.5 Å². The summed E-state index contributed by atoms with van der Waals surface area (Å²) in [5.41, 5.74) is 9.28. The molecule has 0 aromatic heterocycles. The van der Waals surface area contributed by atoms with Gasteiger partial charge in [-0.25, -0.2) is 0 Å². The maximum absolute atomic E-state index is 6.35. The molecule has 21 heavy (non-hydrogen) atoms. The molecule has 1 atom stereocenters. The van der Waals surface area contributed by atoms with Gasteiger partial charge in [0.1, 0.15) is 0 Å². The van der Waals surface area contributed by atoms with Gasteiger partial charge in [-0.1, -0.05) is 39.7 Å². The van der Waals surface area contributed by atoms with Gasteiger partial charge in [0.2, 0.25) is 0 Å². The second-order valence-electron chi connectivity index (χ2n) is 4.71. The molecule has 0 radical (unpaired) electrons. The normalized spacial score (nSPS) is 12.1. The summed E-state index contributed by atoms with van der Waals surface area (Å²) < 4.78 is 11.6. The minimum Gasteiger partial charge on any atom is -0.493 e. The van der Waals surface area contributed by atoms with Gasteiger partial charge in [-0.3, -0.25) is 0 Å². The number of rotatable bonds is 4. The van der Waals surface area contributed by atoms with E-state index in [0.29, 0.717) is 16.5 Å². The van der Waals surface area contributed by atoms with Crippen LogP contribution in [0.25, 0.3) is 0 Å². The second-order valence-corrected chi connectivity index (χ2v) is 5.98. The average Bonchev–Trinajstić information content (AvgIpc) is 2.49. The fourth-order valence-electron chi connectivity index (χ4n) is 2.09. The molecule has 0 aliphatic carbocycles. The first-order valence-corrected chi connectivity index (χ1v) is 7.58. The minimum atomic E-state index is -0.339. The first-order valence-electron chi connectivity index (χ1n) is 6.41. The Kier molecular flexibility index (Phi) is 5.14. The van der Waals surface area contributed by atoms with Crippen molar-refractivity contribution < 1.29 is 9.47 Å². The number of hydrogen-bond acceptors (Lipinski definition) is 3. The predicted octanol–water partition coefficient (Wildman–Crippen LogP) is 4.48. The van der Waals surface area contributed by atoms with Crippen molar-refractivity contribution in [2.75, 3.05) is 14.2 Å².